The molecule has 2 aromatic rings. The summed E-state index contributed by atoms with van der Waals surface area (Å²) >= 11 is 2.99. The fourth-order valence-corrected chi connectivity index (χ4v) is 0.875. The number of rotatable bonds is 1. The van der Waals surface area contributed by atoms with E-state index >= 15 is 0 Å². The van der Waals surface area contributed by atoms with Crippen molar-refractivity contribution in [2.75, 3.05) is 0 Å². The number of hydrogen-bond acceptors (Lipinski definition) is 3. The normalized spacial score (nSPS) is 15.9. The average molecular weight is 230 g/mol. The quantitative estimate of drug-likeness (QED) is 0.744. The highest BCUT2D eigenvalue weighted by Gasteiger charge is 1.98. The fraction of sp³-hybridized carbons (Fsp3) is 0. The zero-order valence-electron chi connectivity index (χ0n) is 10.7. The van der Waals surface area contributed by atoms with Crippen LogP contribution in [0.4, 0.5) is 0 Å². The van der Waals surface area contributed by atoms with Gasteiger partial charge in [0.2, 0.25) is 0 Å². The molecule has 5 heteroatoms. The molecule has 0 saturated heterocycles. The van der Waals surface area contributed by atoms with Crippen LogP contribution in [0.25, 0.3) is 5.82 Å². The predicted molar refractivity (Wildman–Crippen MR) is 46.9 cm³/mol. The molecule has 0 saturated carbocycles. The second-order valence-corrected chi connectivity index (χ2v) is 2.58. The lowest BCUT2D eigenvalue weighted by molar-refractivity contribution is 0.780. The van der Waals surface area contributed by atoms with Gasteiger partial charge in [0.25, 0.3) is 0 Å². The van der Waals surface area contributed by atoms with E-state index in [2.05, 4.69) is 31.2 Å². The molecular weight excluding hydrogens is 220 g/mol. The van der Waals surface area contributed by atoms with Gasteiger partial charge in [-0.25, -0.2) is 9.67 Å². The van der Waals surface area contributed by atoms with Crippen molar-refractivity contribution in [1.82, 2.24) is 20.0 Å². The van der Waals surface area contributed by atoms with Gasteiger partial charge in [-0.1, -0.05) is 11.3 Å². The van der Waals surface area contributed by atoms with Crippen molar-refractivity contribution in [3.05, 3.63) is 35.1 Å². The molecule has 0 radical (unpaired) electrons. The lowest BCUT2D eigenvalue weighted by Gasteiger charge is -1.94. The van der Waals surface area contributed by atoms with E-state index in [4.69, 9.17) is 6.85 Å². The van der Waals surface area contributed by atoms with Gasteiger partial charge in [-0.2, -0.15) is 0 Å². The predicted octanol–water partition coefficient (Wildman–Crippen LogP) is 1.42. The number of nitrogens with zero attached hydrogens (tertiary/aromatic N) is 4. The van der Waals surface area contributed by atoms with E-state index in [0.717, 1.165) is 4.68 Å². The Bertz CT molecular complexity index is 598. The van der Waals surface area contributed by atoms with Crippen molar-refractivity contribution in [1.29, 1.82) is 0 Å². The maximum Gasteiger partial charge on any atom is 0.155 e. The second-order valence-electron chi connectivity index (χ2n) is 1.83. The Labute approximate surface area is 84.4 Å². The highest BCUT2D eigenvalue weighted by Crippen LogP contribution is 2.06. The van der Waals surface area contributed by atoms with Gasteiger partial charge in [-0.15, -0.1) is 5.10 Å². The van der Waals surface area contributed by atoms with Crippen molar-refractivity contribution in [3.8, 4) is 5.82 Å². The van der Waals surface area contributed by atoms with Crippen molar-refractivity contribution in [2.24, 2.45) is 0 Å². The van der Waals surface area contributed by atoms with Gasteiger partial charge >= 0.3 is 0 Å². The molecule has 2 heterocycles. The Balaban J connectivity index is 2.73. The third kappa shape index (κ3) is 1.35. The van der Waals surface area contributed by atoms with Gasteiger partial charge < -0.3 is 0 Å². The van der Waals surface area contributed by atoms with Crippen LogP contribution in [0.1, 0.15) is 6.85 Å². The van der Waals surface area contributed by atoms with E-state index in [1.165, 1.54) is 0 Å². The summed E-state index contributed by atoms with van der Waals surface area (Å²) in [6.45, 7) is 0. The Kier molecular flexibility index (Phi) is 0.920. The standard InChI is InChI=1S/C7H5BrN4/c8-6-5-12(11-10-6)7-3-1-2-4-9-7/h1-5H/i1D,2D,3D,4D,5D. The number of aromatic nitrogens is 4. The van der Waals surface area contributed by atoms with Gasteiger partial charge in [-0.05, 0) is 28.0 Å². The Morgan fingerprint density at radius 2 is 2.42 bits per heavy atom. The molecule has 0 unspecified atom stereocenters. The minimum Gasteiger partial charge on any atom is -0.237 e. The van der Waals surface area contributed by atoms with Crippen LogP contribution >= 0.6 is 15.9 Å². The smallest absolute Gasteiger partial charge is 0.155 e. The summed E-state index contributed by atoms with van der Waals surface area (Å²) in [6.07, 6.45) is -0.574. The van der Waals surface area contributed by atoms with Gasteiger partial charge in [0.05, 0.1) is 13.0 Å². The van der Waals surface area contributed by atoms with Gasteiger partial charge in [0, 0.05) is 6.17 Å². The minimum atomic E-state index is -0.438. The first kappa shape index (κ1) is 3.66. The monoisotopic (exact) mass is 229 g/mol. The van der Waals surface area contributed by atoms with Crippen LogP contribution in [0.3, 0.4) is 0 Å². The molecule has 2 aromatic heterocycles. The average Bonchev–Trinajstić information content (AvgIpc) is 2.62. The fourth-order valence-electron chi connectivity index (χ4n) is 0.636. The molecule has 2 rings (SSSR count). The summed E-state index contributed by atoms with van der Waals surface area (Å²) in [5, 5.41) is 7.15. The zero-order chi connectivity index (χ0) is 12.7. The van der Waals surface area contributed by atoms with E-state index in [1.807, 2.05) is 0 Å². The molecule has 0 aliphatic carbocycles. The number of pyridine rings is 1. The van der Waals surface area contributed by atoms with Crippen LogP contribution in [-0.2, 0) is 0 Å². The first-order valence-electron chi connectivity index (χ1n) is 5.46. The summed E-state index contributed by atoms with van der Waals surface area (Å²) < 4.78 is 38.6. The molecule has 0 spiro atoms. The molecule has 0 aromatic carbocycles. The van der Waals surface area contributed by atoms with Crippen LogP contribution in [0.15, 0.2) is 35.1 Å². The van der Waals surface area contributed by atoms with Crippen molar-refractivity contribution < 1.29 is 6.85 Å². The molecule has 0 aliphatic rings. The number of halogens is 1. The third-order valence-corrected chi connectivity index (χ3v) is 1.41. The summed E-state index contributed by atoms with van der Waals surface area (Å²) in [5.41, 5.74) is 0. The lowest BCUT2D eigenvalue weighted by Crippen LogP contribution is -1.96. The number of hydrogen-bond donors (Lipinski definition) is 0. The lowest BCUT2D eigenvalue weighted by atomic mass is 10.5. The molecule has 60 valence electrons. The summed E-state index contributed by atoms with van der Waals surface area (Å²) in [4.78, 5) is 3.67. The first-order valence-corrected chi connectivity index (χ1v) is 3.75. The molecule has 0 amide bonds. The topological polar surface area (TPSA) is 43.6 Å². The van der Waals surface area contributed by atoms with Crippen LogP contribution in [0.2, 0.25) is 0 Å². The van der Waals surface area contributed by atoms with Crippen molar-refractivity contribution >= 4 is 15.9 Å². The first-order chi connectivity index (χ1) is 7.93. The molecular formula is C7H5BrN4. The molecule has 0 aliphatic heterocycles. The zero-order valence-corrected chi connectivity index (χ0v) is 7.25. The molecule has 0 bridgehead atoms. The summed E-state index contributed by atoms with van der Waals surface area (Å²) in [7, 11) is 0. The van der Waals surface area contributed by atoms with Crippen LogP contribution in [-0.4, -0.2) is 20.0 Å². The van der Waals surface area contributed by atoms with Crippen LogP contribution in [0, 0.1) is 0 Å². The van der Waals surface area contributed by atoms with E-state index in [1.54, 1.807) is 0 Å². The summed E-state index contributed by atoms with van der Waals surface area (Å²) in [5.74, 6) is -0.154. The van der Waals surface area contributed by atoms with E-state index in [9.17, 15) is 0 Å². The van der Waals surface area contributed by atoms with Crippen molar-refractivity contribution in [3.63, 3.8) is 0 Å². The van der Waals surface area contributed by atoms with Gasteiger partial charge in [-0.3, -0.25) is 0 Å². The highest BCUT2D eigenvalue weighted by atomic mass is 79.9. The Morgan fingerprint density at radius 3 is 3.17 bits per heavy atom. The van der Waals surface area contributed by atoms with E-state index < -0.39 is 18.3 Å². The molecule has 0 fully saturated rings. The largest absolute Gasteiger partial charge is 0.237 e. The van der Waals surface area contributed by atoms with Gasteiger partial charge in [0.1, 0.15) is 4.60 Å². The van der Waals surface area contributed by atoms with E-state index in [0.29, 0.717) is 0 Å². The maximum absolute atomic E-state index is 7.64. The SMILES string of the molecule is [2H]c1nc(-n2nnc(Br)c2[2H])c([2H])c([2H])c1[2H]. The van der Waals surface area contributed by atoms with Crippen molar-refractivity contribution in [2.45, 2.75) is 0 Å². The maximum atomic E-state index is 7.64. The Morgan fingerprint density at radius 1 is 1.50 bits per heavy atom. The van der Waals surface area contributed by atoms with Gasteiger partial charge in [0.15, 0.2) is 5.82 Å². The molecule has 4 nitrogen and oxygen atoms in total. The molecule has 12 heavy (non-hydrogen) atoms. The van der Waals surface area contributed by atoms with Crippen LogP contribution in [0.5, 0.6) is 0 Å². The summed E-state index contributed by atoms with van der Waals surface area (Å²) in [6, 6.07) is -1.22. The second kappa shape index (κ2) is 3.02. The van der Waals surface area contributed by atoms with E-state index in [-0.39, 0.29) is 22.6 Å². The third-order valence-electron chi connectivity index (χ3n) is 1.08. The Hall–Kier alpha value is -1.23. The highest BCUT2D eigenvalue weighted by molar-refractivity contribution is 9.10. The molecule has 0 N–H and O–H groups in total. The van der Waals surface area contributed by atoms with Crippen LogP contribution < -0.4 is 0 Å². The molecule has 0 atom stereocenters. The minimum absolute atomic E-state index is 0.137.